The van der Waals surface area contributed by atoms with Gasteiger partial charge >= 0.3 is 0 Å². The highest BCUT2D eigenvalue weighted by molar-refractivity contribution is 5.52. The molecule has 2 rings (SSSR count). The van der Waals surface area contributed by atoms with E-state index >= 15 is 0 Å². The fraction of sp³-hybridized carbons (Fsp3) is 0. The second kappa shape index (κ2) is 3.05. The number of nitrogens with zero attached hydrogens (tertiary/aromatic N) is 4. The van der Waals surface area contributed by atoms with Crippen LogP contribution in [0.1, 0.15) is 0 Å². The van der Waals surface area contributed by atoms with Gasteiger partial charge in [-0.15, -0.1) is 0 Å². The topological polar surface area (TPSA) is 96.8 Å². The molecule has 13 heavy (non-hydrogen) atoms. The van der Waals surface area contributed by atoms with E-state index in [9.17, 15) is 0 Å². The zero-order valence-electron chi connectivity index (χ0n) is 6.60. The van der Waals surface area contributed by atoms with Crippen molar-refractivity contribution >= 4 is 11.6 Å². The molecule has 0 unspecified atom stereocenters. The van der Waals surface area contributed by atoms with Gasteiger partial charge in [0, 0.05) is 12.1 Å². The summed E-state index contributed by atoms with van der Waals surface area (Å²) in [7, 11) is 0. The van der Waals surface area contributed by atoms with Crippen molar-refractivity contribution in [3.05, 3.63) is 24.5 Å². The van der Waals surface area contributed by atoms with Crippen molar-refractivity contribution in [2.45, 2.75) is 0 Å². The van der Waals surface area contributed by atoms with Crippen LogP contribution >= 0.6 is 0 Å². The second-order valence-corrected chi connectivity index (χ2v) is 2.30. The lowest BCUT2D eigenvalue weighted by atomic mass is 10.5. The molecule has 0 aliphatic carbocycles. The van der Waals surface area contributed by atoms with Crippen LogP contribution in [0.3, 0.4) is 0 Å². The Balaban J connectivity index is 2.35. The molecule has 0 amide bonds. The van der Waals surface area contributed by atoms with Gasteiger partial charge in [0.2, 0.25) is 0 Å². The molecule has 0 aliphatic rings. The Kier molecular flexibility index (Phi) is 1.75. The number of hydrogen-bond donors (Lipinski definition) is 3. The van der Waals surface area contributed by atoms with E-state index in [1.165, 1.54) is 5.01 Å². The minimum atomic E-state index is 0.610. The lowest BCUT2D eigenvalue weighted by molar-refractivity contribution is 0.868. The van der Waals surface area contributed by atoms with Crippen LogP contribution in [0.15, 0.2) is 29.7 Å². The zero-order valence-corrected chi connectivity index (χ0v) is 6.60. The Hall–Kier alpha value is -2.18. The number of anilines is 2. The molecule has 2 aromatic heterocycles. The van der Waals surface area contributed by atoms with Crippen LogP contribution in [-0.4, -0.2) is 20.4 Å². The Morgan fingerprint density at radius 1 is 1.15 bits per heavy atom. The molecule has 0 bridgehead atoms. The first-order valence-electron chi connectivity index (χ1n) is 3.58. The van der Waals surface area contributed by atoms with E-state index in [1.807, 2.05) is 0 Å². The maximum Gasteiger partial charge on any atom is 0.153 e. The first-order chi connectivity index (χ1) is 6.42. The monoisotopic (exact) mass is 177 g/mol. The minimum absolute atomic E-state index is 0.610. The van der Waals surface area contributed by atoms with Gasteiger partial charge in [0.25, 0.3) is 0 Å². The summed E-state index contributed by atoms with van der Waals surface area (Å²) in [5.41, 5.74) is 6.97. The highest BCUT2D eigenvalue weighted by Crippen LogP contribution is 2.19. The largest absolute Gasteiger partial charge is 0.261 e. The summed E-state index contributed by atoms with van der Waals surface area (Å²) >= 11 is 0. The Morgan fingerprint density at radius 3 is 2.00 bits per heavy atom. The van der Waals surface area contributed by atoms with Gasteiger partial charge in [-0.05, 0) is 0 Å². The summed E-state index contributed by atoms with van der Waals surface area (Å²) in [6.45, 7) is 0. The van der Waals surface area contributed by atoms with Crippen LogP contribution in [0.2, 0.25) is 0 Å². The molecule has 0 fully saturated rings. The molecule has 66 valence electrons. The van der Waals surface area contributed by atoms with Gasteiger partial charge in [-0.2, -0.15) is 20.7 Å². The minimum Gasteiger partial charge on any atom is -0.261 e. The van der Waals surface area contributed by atoms with Crippen molar-refractivity contribution in [3.8, 4) is 0 Å². The Morgan fingerprint density at radius 2 is 1.69 bits per heavy atom. The summed E-state index contributed by atoms with van der Waals surface area (Å²) in [5, 5.41) is 17.6. The van der Waals surface area contributed by atoms with Crippen LogP contribution < -0.4 is 5.01 Å². The van der Waals surface area contributed by atoms with Crippen LogP contribution in [0.25, 0.3) is 0 Å². The standard InChI is InChI=1S/C6H7N7/c7-12-13(5-1-3-8-10-5)6-2-4-9-11-6/h1-4,7H,(H,8,10)(H,9,11). The maximum atomic E-state index is 6.97. The molecule has 2 aromatic rings. The maximum absolute atomic E-state index is 6.97. The van der Waals surface area contributed by atoms with Crippen molar-refractivity contribution in [2.24, 2.45) is 5.22 Å². The van der Waals surface area contributed by atoms with Gasteiger partial charge in [-0.3, -0.25) is 10.2 Å². The van der Waals surface area contributed by atoms with Gasteiger partial charge < -0.3 is 0 Å². The molecule has 0 aromatic carbocycles. The van der Waals surface area contributed by atoms with E-state index in [4.69, 9.17) is 5.53 Å². The molecule has 0 saturated carbocycles. The quantitative estimate of drug-likeness (QED) is 0.485. The average molecular weight is 177 g/mol. The van der Waals surface area contributed by atoms with E-state index < -0.39 is 0 Å². The van der Waals surface area contributed by atoms with Gasteiger partial charge in [0.05, 0.1) is 12.4 Å². The van der Waals surface area contributed by atoms with Crippen LogP contribution in [0, 0.1) is 5.53 Å². The number of aromatic nitrogens is 4. The molecular formula is C6H7N7. The molecule has 0 spiro atoms. The summed E-state index contributed by atoms with van der Waals surface area (Å²) in [5.74, 6) is 1.22. The van der Waals surface area contributed by atoms with E-state index in [0.717, 1.165) is 0 Å². The molecule has 0 aliphatic heterocycles. The summed E-state index contributed by atoms with van der Waals surface area (Å²) in [6, 6.07) is 3.41. The lowest BCUT2D eigenvalue weighted by Crippen LogP contribution is -2.08. The second-order valence-electron chi connectivity index (χ2n) is 2.30. The average Bonchev–Trinajstić information content (AvgIpc) is 2.76. The van der Waals surface area contributed by atoms with E-state index in [-0.39, 0.29) is 0 Å². The van der Waals surface area contributed by atoms with Crippen molar-refractivity contribution in [2.75, 3.05) is 5.01 Å². The third-order valence-corrected chi connectivity index (χ3v) is 1.53. The van der Waals surface area contributed by atoms with Crippen LogP contribution in [0.4, 0.5) is 11.6 Å². The third-order valence-electron chi connectivity index (χ3n) is 1.53. The van der Waals surface area contributed by atoms with Crippen LogP contribution in [-0.2, 0) is 0 Å². The van der Waals surface area contributed by atoms with Gasteiger partial charge in [0.15, 0.2) is 11.6 Å². The van der Waals surface area contributed by atoms with Gasteiger partial charge in [-0.1, -0.05) is 5.22 Å². The predicted molar refractivity (Wildman–Crippen MR) is 44.5 cm³/mol. The van der Waals surface area contributed by atoms with Crippen LogP contribution in [0.5, 0.6) is 0 Å². The zero-order chi connectivity index (χ0) is 9.10. The molecule has 7 heteroatoms. The summed E-state index contributed by atoms with van der Waals surface area (Å²) in [6.07, 6.45) is 3.17. The van der Waals surface area contributed by atoms with E-state index in [2.05, 4.69) is 25.6 Å². The van der Waals surface area contributed by atoms with E-state index in [0.29, 0.717) is 11.6 Å². The van der Waals surface area contributed by atoms with E-state index in [1.54, 1.807) is 24.5 Å². The molecule has 7 nitrogen and oxygen atoms in total. The fourth-order valence-corrected chi connectivity index (χ4v) is 0.971. The number of hydrogen-bond acceptors (Lipinski definition) is 4. The van der Waals surface area contributed by atoms with Crippen molar-refractivity contribution < 1.29 is 0 Å². The number of rotatable bonds is 3. The fourth-order valence-electron chi connectivity index (χ4n) is 0.971. The number of H-pyrrole nitrogens is 2. The van der Waals surface area contributed by atoms with Crippen molar-refractivity contribution in [1.82, 2.24) is 20.4 Å². The Bertz CT molecular complexity index is 327. The molecular weight excluding hydrogens is 170 g/mol. The third kappa shape index (κ3) is 1.26. The lowest BCUT2D eigenvalue weighted by Gasteiger charge is -2.10. The molecule has 0 saturated heterocycles. The number of nitrogens with one attached hydrogen (secondary N) is 3. The van der Waals surface area contributed by atoms with Gasteiger partial charge in [0.1, 0.15) is 0 Å². The molecule has 3 N–H and O–H groups in total. The van der Waals surface area contributed by atoms with Gasteiger partial charge in [-0.25, -0.2) is 0 Å². The molecule has 0 radical (unpaired) electrons. The summed E-state index contributed by atoms with van der Waals surface area (Å²) in [4.78, 5) is 0. The number of aromatic amines is 2. The smallest absolute Gasteiger partial charge is 0.153 e. The SMILES string of the molecule is N=NN(c1ccn[nH]1)c1ccn[nH]1. The first-order valence-corrected chi connectivity index (χ1v) is 3.58. The van der Waals surface area contributed by atoms with Crippen molar-refractivity contribution in [3.63, 3.8) is 0 Å². The highest BCUT2D eigenvalue weighted by Gasteiger charge is 2.09. The highest BCUT2D eigenvalue weighted by atomic mass is 15.6. The Labute approximate surface area is 73.2 Å². The van der Waals surface area contributed by atoms with Crippen molar-refractivity contribution in [1.29, 1.82) is 5.53 Å². The normalized spacial score (nSPS) is 9.85. The molecule has 2 heterocycles. The summed E-state index contributed by atoms with van der Waals surface area (Å²) < 4.78 is 0. The molecule has 0 atom stereocenters. The first kappa shape index (κ1) is 7.47. The predicted octanol–water partition coefficient (Wildman–Crippen LogP) is 1.22.